The molecule has 0 bridgehead atoms. The van der Waals surface area contributed by atoms with Gasteiger partial charge in [-0.3, -0.25) is 0 Å². The lowest BCUT2D eigenvalue weighted by molar-refractivity contribution is 0.470. The normalized spacial score (nSPS) is 10.5. The molecule has 0 unspecified atom stereocenters. The molecule has 0 aromatic heterocycles. The lowest BCUT2D eigenvalue weighted by atomic mass is 10.0. The summed E-state index contributed by atoms with van der Waals surface area (Å²) in [7, 11) is 0. The summed E-state index contributed by atoms with van der Waals surface area (Å²) in [5.74, 6) is 3.44. The van der Waals surface area contributed by atoms with Gasteiger partial charge in [0, 0.05) is 16.2 Å². The second-order valence-corrected chi connectivity index (χ2v) is 22.0. The Bertz CT molecular complexity index is 4650. The van der Waals surface area contributed by atoms with E-state index < -0.39 is 0 Å². The van der Waals surface area contributed by atoms with Gasteiger partial charge < -0.3 is 71.5 Å². The van der Waals surface area contributed by atoms with Gasteiger partial charge in [0.25, 0.3) is 0 Å². The van der Waals surface area contributed by atoms with Crippen molar-refractivity contribution in [3.05, 3.63) is 251 Å². The van der Waals surface area contributed by atoms with Crippen LogP contribution in [0.5, 0.6) is 80.5 Å². The minimum Gasteiger partial charge on any atom is -0.508 e. The van der Waals surface area contributed by atoms with Gasteiger partial charge in [0.2, 0.25) is 0 Å². The molecule has 0 fully saturated rings. The molecule has 462 valence electrons. The zero-order chi connectivity index (χ0) is 66.0. The van der Waals surface area contributed by atoms with Crippen LogP contribution >= 0.6 is 0 Å². The third kappa shape index (κ3) is 16.0. The molecule has 0 aliphatic carbocycles. The first kappa shape index (κ1) is 65.1. The average Bonchev–Trinajstić information content (AvgIpc) is 1.53. The van der Waals surface area contributed by atoms with Crippen LogP contribution in [0.2, 0.25) is 0 Å². The van der Waals surface area contributed by atoms with Crippen molar-refractivity contribution >= 4 is 75.4 Å². The molecule has 14 heteroatoms. The maximum absolute atomic E-state index is 9.67. The van der Waals surface area contributed by atoms with E-state index in [1.54, 1.807) is 152 Å². The topological polar surface area (TPSA) is 283 Å². The van der Waals surface area contributed by atoms with Gasteiger partial charge in [0.15, 0.2) is 0 Å². The number of rotatable bonds is 0. The largest absolute Gasteiger partial charge is 0.508 e. The fraction of sp³-hybridized carbons (Fsp3) is 0.0909. The summed E-state index contributed by atoms with van der Waals surface area (Å²) in [5, 5.41) is 144. The Labute approximate surface area is 524 Å². The van der Waals surface area contributed by atoms with E-state index in [9.17, 15) is 71.5 Å². The summed E-state index contributed by atoms with van der Waals surface area (Å²) in [5.41, 5.74) is 6.02. The smallest absolute Gasteiger partial charge is 0.126 e. The fourth-order valence-corrected chi connectivity index (χ4v) is 9.96. The third-order valence-corrected chi connectivity index (χ3v) is 15.3. The molecule has 0 radical (unpaired) electrons. The molecule has 14 rings (SSSR count). The zero-order valence-electron chi connectivity index (χ0n) is 51.0. The maximum atomic E-state index is 9.67. The predicted molar refractivity (Wildman–Crippen MR) is 364 cm³/mol. The van der Waals surface area contributed by atoms with Gasteiger partial charge in [-0.05, 0) is 286 Å². The molecule has 0 spiro atoms. The minimum atomic E-state index is 0.174. The SMILES string of the molecule is Cc1c(O)ccc2cc(O)ccc12.Cc1c(O)ccc2ccc(O)cc12.Cc1cc2cc(O)ccc2cc1O.Cc1cc2ccc(O)cc2cc1O.Cc1ccc(O)c2ccc(O)cc12.Cc1ccc2cc(O)ccc2c1O.Cc1ccc2ccc(O)cc2c1O. The van der Waals surface area contributed by atoms with E-state index in [4.69, 9.17) is 0 Å². The van der Waals surface area contributed by atoms with Crippen LogP contribution in [0.3, 0.4) is 0 Å². The van der Waals surface area contributed by atoms with Crippen molar-refractivity contribution in [1.82, 2.24) is 0 Å². The zero-order valence-corrected chi connectivity index (χ0v) is 51.0. The van der Waals surface area contributed by atoms with Gasteiger partial charge in [0.05, 0.1) is 0 Å². The van der Waals surface area contributed by atoms with Crippen molar-refractivity contribution in [2.45, 2.75) is 48.5 Å². The maximum Gasteiger partial charge on any atom is 0.126 e. The monoisotopic (exact) mass is 1220 g/mol. The molecule has 14 nitrogen and oxygen atoms in total. The van der Waals surface area contributed by atoms with E-state index in [0.717, 1.165) is 109 Å². The van der Waals surface area contributed by atoms with Gasteiger partial charge in [0.1, 0.15) is 80.5 Å². The highest BCUT2D eigenvalue weighted by atomic mass is 16.3. The molecule has 14 aromatic carbocycles. The number of benzene rings is 14. The summed E-state index contributed by atoms with van der Waals surface area (Å²) in [6, 6.07) is 60.2. The molecule has 0 atom stereocenters. The summed E-state index contributed by atoms with van der Waals surface area (Å²) < 4.78 is 0. The molecule has 0 aliphatic heterocycles. The number of phenolic OH excluding ortho intramolecular Hbond substituents is 14. The molecule has 91 heavy (non-hydrogen) atoms. The van der Waals surface area contributed by atoms with Crippen LogP contribution in [0.15, 0.2) is 212 Å². The van der Waals surface area contributed by atoms with E-state index in [-0.39, 0.29) is 80.5 Å². The van der Waals surface area contributed by atoms with Crippen molar-refractivity contribution in [2.24, 2.45) is 0 Å². The molecule has 0 heterocycles. The lowest BCUT2D eigenvalue weighted by Gasteiger charge is -2.04. The first-order valence-electron chi connectivity index (χ1n) is 28.7. The lowest BCUT2D eigenvalue weighted by Crippen LogP contribution is -1.79. The number of fused-ring (bicyclic) bond motifs is 7. The molecular weight excluding hydrogens is 1150 g/mol. The predicted octanol–water partition coefficient (Wildman–Crippen LogP) is 17.9. The van der Waals surface area contributed by atoms with Gasteiger partial charge >= 0.3 is 0 Å². The Balaban J connectivity index is 0.000000137. The Kier molecular flexibility index (Phi) is 20.2. The summed E-state index contributed by atoms with van der Waals surface area (Å²) in [4.78, 5) is 0. The van der Waals surface area contributed by atoms with Crippen LogP contribution in [-0.4, -0.2) is 71.5 Å². The molecule has 14 aromatic rings. The van der Waals surface area contributed by atoms with Crippen molar-refractivity contribution in [2.75, 3.05) is 0 Å². The molecule has 14 N–H and O–H groups in total. The minimum absolute atomic E-state index is 0.174. The highest BCUT2D eigenvalue weighted by Gasteiger charge is 2.08. The number of phenols is 14. The molecule has 0 aliphatic rings. The molecular formula is C77H70O14. The van der Waals surface area contributed by atoms with Gasteiger partial charge in [-0.25, -0.2) is 0 Å². The van der Waals surface area contributed by atoms with Crippen LogP contribution in [0.25, 0.3) is 75.4 Å². The Morgan fingerprint density at radius 1 is 0.165 bits per heavy atom. The number of aromatic hydroxyl groups is 14. The Hall–Kier alpha value is -11.9. The third-order valence-electron chi connectivity index (χ3n) is 15.3. The van der Waals surface area contributed by atoms with Crippen LogP contribution in [-0.2, 0) is 0 Å². The van der Waals surface area contributed by atoms with Crippen LogP contribution in [0.1, 0.15) is 38.9 Å². The van der Waals surface area contributed by atoms with Crippen molar-refractivity contribution in [3.8, 4) is 80.5 Å². The first-order chi connectivity index (χ1) is 43.2. The highest BCUT2D eigenvalue weighted by molar-refractivity contribution is 5.94. The van der Waals surface area contributed by atoms with E-state index in [0.29, 0.717) is 5.39 Å². The summed E-state index contributed by atoms with van der Waals surface area (Å²) in [6.45, 7) is 13.0. The van der Waals surface area contributed by atoms with E-state index >= 15 is 0 Å². The fourth-order valence-electron chi connectivity index (χ4n) is 9.96. The van der Waals surface area contributed by atoms with E-state index in [2.05, 4.69) is 0 Å². The molecule has 0 amide bonds. The van der Waals surface area contributed by atoms with Crippen LogP contribution < -0.4 is 0 Å². The van der Waals surface area contributed by atoms with Crippen molar-refractivity contribution < 1.29 is 71.5 Å². The molecule has 0 saturated heterocycles. The standard InChI is InChI=1S/7C11H10O2/c1-7-10-4-3-9(12)6-8(10)2-5-11(7)13;1-7-2-5-11(13)9-4-3-8(12)6-10(7)9;1-7-10-6-9(12)4-2-8(10)3-5-11(7)13;1-7-4-9-5-10(12)3-2-8(9)6-11(7)13;1-7-4-8-2-3-10(12)5-9(8)6-11(7)13;1-7-2-3-8-6-9(12)4-5-10(8)11(7)13;1-7-2-3-8-4-5-9(12)6-10(8)11(7)13/h7*2-6,12-13H,1H3. The van der Waals surface area contributed by atoms with Crippen molar-refractivity contribution in [1.29, 1.82) is 0 Å². The Morgan fingerprint density at radius 3 is 1.02 bits per heavy atom. The van der Waals surface area contributed by atoms with Crippen LogP contribution in [0, 0.1) is 48.5 Å². The van der Waals surface area contributed by atoms with Crippen LogP contribution in [0.4, 0.5) is 0 Å². The van der Waals surface area contributed by atoms with E-state index in [1.165, 1.54) is 0 Å². The Morgan fingerprint density at radius 2 is 0.473 bits per heavy atom. The quantitative estimate of drug-likeness (QED) is 0.0672. The highest BCUT2D eigenvalue weighted by Crippen LogP contribution is 2.35. The first-order valence-corrected chi connectivity index (χ1v) is 28.7. The average molecular weight is 1220 g/mol. The van der Waals surface area contributed by atoms with Gasteiger partial charge in [-0.15, -0.1) is 0 Å². The van der Waals surface area contributed by atoms with Gasteiger partial charge in [-0.2, -0.15) is 0 Å². The summed E-state index contributed by atoms with van der Waals surface area (Å²) in [6.07, 6.45) is 0. The second-order valence-electron chi connectivity index (χ2n) is 22.0. The van der Waals surface area contributed by atoms with Crippen molar-refractivity contribution in [3.63, 3.8) is 0 Å². The van der Waals surface area contributed by atoms with Gasteiger partial charge in [-0.1, -0.05) is 72.8 Å². The number of hydrogen-bond acceptors (Lipinski definition) is 14. The summed E-state index contributed by atoms with van der Waals surface area (Å²) >= 11 is 0. The second kappa shape index (κ2) is 28.3. The number of aryl methyl sites for hydroxylation is 7. The molecule has 0 saturated carbocycles. The van der Waals surface area contributed by atoms with E-state index in [1.807, 2.05) is 109 Å². The number of hydrogen-bond donors (Lipinski definition) is 14.